The van der Waals surface area contributed by atoms with Gasteiger partial charge in [-0.2, -0.15) is 0 Å². The van der Waals surface area contributed by atoms with E-state index in [4.69, 9.17) is 0 Å². The summed E-state index contributed by atoms with van der Waals surface area (Å²) in [5, 5.41) is 10.7. The molecule has 0 spiro atoms. The van der Waals surface area contributed by atoms with Gasteiger partial charge < -0.3 is 5.11 Å². The Hall–Kier alpha value is -0.410. The van der Waals surface area contributed by atoms with Crippen LogP contribution in [-0.4, -0.2) is 10.7 Å². The van der Waals surface area contributed by atoms with Gasteiger partial charge in [-0.3, -0.25) is 0 Å². The summed E-state index contributed by atoms with van der Waals surface area (Å²) in [5.74, 6) is 0.825. The van der Waals surface area contributed by atoms with Crippen LogP contribution in [0.4, 0.5) is 4.39 Å². The van der Waals surface area contributed by atoms with Crippen LogP contribution in [0.25, 0.3) is 0 Å². The molecule has 2 unspecified atom stereocenters. The van der Waals surface area contributed by atoms with Gasteiger partial charge in [0.25, 0.3) is 0 Å². The second kappa shape index (κ2) is 5.30. The minimum absolute atomic E-state index is 0.242. The monoisotopic (exact) mass is 314 g/mol. The molecule has 1 N–H and O–H groups in total. The lowest BCUT2D eigenvalue weighted by Gasteiger charge is -2.39. The normalized spacial score (nSPS) is 32.5. The predicted octanol–water partition coefficient (Wildman–Crippen LogP) is 4.32. The van der Waals surface area contributed by atoms with Crippen LogP contribution in [0.2, 0.25) is 0 Å². The average Bonchev–Trinajstić information content (AvgIpc) is 2.21. The second-order valence-electron chi connectivity index (χ2n) is 5.99. The lowest BCUT2D eigenvalue weighted by Crippen LogP contribution is -2.39. The number of hydrogen-bond acceptors (Lipinski definition) is 1. The first-order chi connectivity index (χ1) is 8.38. The Morgan fingerprint density at radius 1 is 1.33 bits per heavy atom. The van der Waals surface area contributed by atoms with Gasteiger partial charge in [-0.25, -0.2) is 4.39 Å². The summed E-state index contributed by atoms with van der Waals surface area (Å²) >= 11 is 3.43. The third-order valence-electron chi connectivity index (χ3n) is 3.79. The van der Waals surface area contributed by atoms with Crippen molar-refractivity contribution in [3.8, 4) is 0 Å². The van der Waals surface area contributed by atoms with Gasteiger partial charge in [0.15, 0.2) is 0 Å². The van der Waals surface area contributed by atoms with Crippen LogP contribution in [0, 0.1) is 17.7 Å². The molecule has 0 radical (unpaired) electrons. The molecule has 0 bridgehead atoms. The fourth-order valence-electron chi connectivity index (χ4n) is 3.41. The summed E-state index contributed by atoms with van der Waals surface area (Å²) < 4.78 is 14.2. The van der Waals surface area contributed by atoms with Crippen LogP contribution in [0.5, 0.6) is 0 Å². The second-order valence-corrected chi connectivity index (χ2v) is 6.85. The van der Waals surface area contributed by atoms with E-state index in [1.54, 1.807) is 6.07 Å². The van der Waals surface area contributed by atoms with Crippen LogP contribution < -0.4 is 0 Å². The number of halogens is 2. The fraction of sp³-hybridized carbons (Fsp3) is 0.600. The van der Waals surface area contributed by atoms with E-state index in [9.17, 15) is 9.50 Å². The lowest BCUT2D eigenvalue weighted by molar-refractivity contribution is -0.0306. The zero-order valence-electron chi connectivity index (χ0n) is 10.9. The Labute approximate surface area is 117 Å². The molecule has 1 fully saturated rings. The van der Waals surface area contributed by atoms with Gasteiger partial charge in [-0.1, -0.05) is 29.8 Å². The molecule has 1 aromatic rings. The van der Waals surface area contributed by atoms with E-state index in [0.29, 0.717) is 18.3 Å². The highest BCUT2D eigenvalue weighted by Gasteiger charge is 2.36. The van der Waals surface area contributed by atoms with Crippen molar-refractivity contribution in [2.24, 2.45) is 11.8 Å². The molecule has 2 atom stereocenters. The Morgan fingerprint density at radius 3 is 2.56 bits per heavy atom. The van der Waals surface area contributed by atoms with E-state index in [2.05, 4.69) is 29.8 Å². The molecule has 1 saturated carbocycles. The van der Waals surface area contributed by atoms with Gasteiger partial charge in [0.1, 0.15) is 5.82 Å². The number of hydrogen-bond donors (Lipinski definition) is 1. The molecule has 1 aliphatic carbocycles. The molecule has 0 aromatic heterocycles. The Kier molecular flexibility index (Phi) is 4.12. The maximum Gasteiger partial charge on any atom is 0.123 e. The number of benzene rings is 1. The van der Waals surface area contributed by atoms with E-state index >= 15 is 0 Å². The summed E-state index contributed by atoms with van der Waals surface area (Å²) in [6.07, 6.45) is 3.31. The maximum atomic E-state index is 13.3. The van der Waals surface area contributed by atoms with Gasteiger partial charge in [-0.05, 0) is 54.9 Å². The molecule has 18 heavy (non-hydrogen) atoms. The SMILES string of the molecule is CC1CC(C)CC(O)(Cc2cc(F)ccc2Br)C1. The fourth-order valence-corrected chi connectivity index (χ4v) is 3.80. The topological polar surface area (TPSA) is 20.2 Å². The van der Waals surface area contributed by atoms with E-state index in [0.717, 1.165) is 22.9 Å². The lowest BCUT2D eigenvalue weighted by atomic mass is 9.71. The zero-order chi connectivity index (χ0) is 13.3. The minimum Gasteiger partial charge on any atom is -0.390 e. The number of rotatable bonds is 2. The van der Waals surface area contributed by atoms with E-state index < -0.39 is 5.60 Å². The molecule has 0 amide bonds. The van der Waals surface area contributed by atoms with Crippen molar-refractivity contribution in [3.63, 3.8) is 0 Å². The highest BCUT2D eigenvalue weighted by molar-refractivity contribution is 9.10. The molecule has 0 saturated heterocycles. The summed E-state index contributed by atoms with van der Waals surface area (Å²) in [7, 11) is 0. The van der Waals surface area contributed by atoms with Crippen LogP contribution in [0.3, 0.4) is 0 Å². The first-order valence-corrected chi connectivity index (χ1v) is 7.33. The first kappa shape index (κ1) is 14.0. The van der Waals surface area contributed by atoms with Crippen LogP contribution in [0.1, 0.15) is 38.7 Å². The first-order valence-electron chi connectivity index (χ1n) is 6.54. The molecule has 1 aromatic carbocycles. The highest BCUT2D eigenvalue weighted by Crippen LogP contribution is 2.38. The summed E-state index contributed by atoms with van der Waals surface area (Å²) in [5.41, 5.74) is 0.173. The van der Waals surface area contributed by atoms with Crippen LogP contribution in [-0.2, 0) is 6.42 Å². The maximum absolute atomic E-state index is 13.3. The Balaban J connectivity index is 2.18. The van der Waals surface area contributed by atoms with Crippen molar-refractivity contribution in [3.05, 3.63) is 34.1 Å². The smallest absolute Gasteiger partial charge is 0.123 e. The quantitative estimate of drug-likeness (QED) is 0.862. The predicted molar refractivity (Wildman–Crippen MR) is 74.9 cm³/mol. The van der Waals surface area contributed by atoms with Gasteiger partial charge in [-0.15, -0.1) is 0 Å². The molecular formula is C15H20BrFO. The Bertz CT molecular complexity index is 423. The summed E-state index contributed by atoms with van der Waals surface area (Å²) in [4.78, 5) is 0. The van der Waals surface area contributed by atoms with Crippen molar-refractivity contribution in [1.29, 1.82) is 0 Å². The van der Waals surface area contributed by atoms with Gasteiger partial charge in [0, 0.05) is 10.9 Å². The van der Waals surface area contributed by atoms with Gasteiger partial charge in [0.2, 0.25) is 0 Å². The molecular weight excluding hydrogens is 295 g/mol. The molecule has 0 aliphatic heterocycles. The van der Waals surface area contributed by atoms with Crippen molar-refractivity contribution >= 4 is 15.9 Å². The molecule has 3 heteroatoms. The third kappa shape index (κ3) is 3.33. The number of aliphatic hydroxyl groups is 1. The largest absolute Gasteiger partial charge is 0.390 e. The Morgan fingerprint density at radius 2 is 1.94 bits per heavy atom. The van der Waals surface area contributed by atoms with E-state index in [1.165, 1.54) is 18.6 Å². The molecule has 2 rings (SSSR count). The molecule has 0 heterocycles. The third-order valence-corrected chi connectivity index (χ3v) is 4.56. The highest BCUT2D eigenvalue weighted by atomic mass is 79.9. The summed E-state index contributed by atoms with van der Waals surface area (Å²) in [6, 6.07) is 4.67. The van der Waals surface area contributed by atoms with Crippen molar-refractivity contribution < 1.29 is 9.50 Å². The average molecular weight is 315 g/mol. The van der Waals surface area contributed by atoms with Crippen molar-refractivity contribution in [2.75, 3.05) is 0 Å². The van der Waals surface area contributed by atoms with E-state index in [1.807, 2.05) is 0 Å². The van der Waals surface area contributed by atoms with Gasteiger partial charge in [0.05, 0.1) is 5.60 Å². The molecule has 1 aliphatic rings. The van der Waals surface area contributed by atoms with Crippen molar-refractivity contribution in [1.82, 2.24) is 0 Å². The molecule has 100 valence electrons. The minimum atomic E-state index is -0.687. The molecule has 1 nitrogen and oxygen atoms in total. The standard InChI is InChI=1S/C15H20BrFO/c1-10-5-11(2)8-15(18,7-10)9-12-6-13(17)3-4-14(12)16/h3-4,6,10-11,18H,5,7-9H2,1-2H3. The van der Waals surface area contributed by atoms with E-state index in [-0.39, 0.29) is 5.82 Å². The summed E-state index contributed by atoms with van der Waals surface area (Å²) in [6.45, 7) is 4.36. The van der Waals surface area contributed by atoms with Crippen LogP contribution in [0.15, 0.2) is 22.7 Å². The van der Waals surface area contributed by atoms with Crippen molar-refractivity contribution in [2.45, 2.75) is 45.1 Å². The van der Waals surface area contributed by atoms with Gasteiger partial charge >= 0.3 is 0 Å². The zero-order valence-corrected chi connectivity index (χ0v) is 12.5. The van der Waals surface area contributed by atoms with Crippen LogP contribution >= 0.6 is 15.9 Å².